The SMILES string of the molecule is C[C@H]1[C@H](C)CCC[C@@H]1NC(=O)COC(=O)c1ccc(S(=O)(=O)N(C)C)cc1. The summed E-state index contributed by atoms with van der Waals surface area (Å²) in [5, 5.41) is 2.95. The van der Waals surface area contributed by atoms with Crippen molar-refractivity contribution in [3.05, 3.63) is 29.8 Å². The maximum atomic E-state index is 12.1. The van der Waals surface area contributed by atoms with Crippen molar-refractivity contribution >= 4 is 21.9 Å². The lowest BCUT2D eigenvalue weighted by Crippen LogP contribution is -2.45. The molecule has 1 N–H and O–H groups in total. The standard InChI is InChI=1S/C19H28N2O5S/c1-13-6-5-7-17(14(13)2)20-18(22)12-26-19(23)15-8-10-16(11-9-15)27(24,25)21(3)4/h8-11,13-14,17H,5-7,12H2,1-4H3,(H,20,22)/t13-,14+,17+/m1/s1. The van der Waals surface area contributed by atoms with E-state index in [1.807, 2.05) is 0 Å². The maximum Gasteiger partial charge on any atom is 0.338 e. The van der Waals surface area contributed by atoms with Gasteiger partial charge < -0.3 is 10.1 Å². The highest BCUT2D eigenvalue weighted by Gasteiger charge is 2.28. The molecule has 0 aliphatic heterocycles. The summed E-state index contributed by atoms with van der Waals surface area (Å²) >= 11 is 0. The van der Waals surface area contributed by atoms with Crippen LogP contribution in [0.1, 0.15) is 43.5 Å². The third kappa shape index (κ3) is 5.29. The average molecular weight is 397 g/mol. The molecule has 0 heterocycles. The molecule has 8 heteroatoms. The van der Waals surface area contributed by atoms with Gasteiger partial charge in [0.25, 0.3) is 5.91 Å². The van der Waals surface area contributed by atoms with Crippen LogP contribution in [0.5, 0.6) is 0 Å². The number of amides is 1. The molecule has 0 aromatic heterocycles. The van der Waals surface area contributed by atoms with E-state index < -0.39 is 16.0 Å². The molecule has 27 heavy (non-hydrogen) atoms. The second-order valence-corrected chi connectivity index (χ2v) is 9.48. The predicted molar refractivity (Wildman–Crippen MR) is 102 cm³/mol. The number of carbonyl (C=O) groups excluding carboxylic acids is 2. The summed E-state index contributed by atoms with van der Waals surface area (Å²) in [5.74, 6) is -0.0294. The molecule has 1 aromatic carbocycles. The Kier molecular flexibility index (Phi) is 7.00. The van der Waals surface area contributed by atoms with Crippen LogP contribution in [0.2, 0.25) is 0 Å². The van der Waals surface area contributed by atoms with E-state index in [4.69, 9.17) is 4.74 Å². The van der Waals surface area contributed by atoms with Gasteiger partial charge >= 0.3 is 5.97 Å². The largest absolute Gasteiger partial charge is 0.452 e. The van der Waals surface area contributed by atoms with Gasteiger partial charge in [-0.05, 0) is 42.5 Å². The Labute approximate surface area is 161 Å². The number of hydrogen-bond donors (Lipinski definition) is 1. The zero-order valence-electron chi connectivity index (χ0n) is 16.3. The molecule has 3 atom stereocenters. The molecule has 0 radical (unpaired) electrons. The lowest BCUT2D eigenvalue weighted by molar-refractivity contribution is -0.125. The number of hydrogen-bond acceptors (Lipinski definition) is 5. The molecule has 1 aromatic rings. The number of sulfonamides is 1. The van der Waals surface area contributed by atoms with Crippen molar-refractivity contribution in [3.63, 3.8) is 0 Å². The molecular formula is C19H28N2O5S. The highest BCUT2D eigenvalue weighted by Crippen LogP contribution is 2.29. The molecule has 0 spiro atoms. The van der Waals surface area contributed by atoms with Crippen LogP contribution >= 0.6 is 0 Å². The third-order valence-electron chi connectivity index (χ3n) is 5.26. The fourth-order valence-electron chi connectivity index (χ4n) is 3.22. The average Bonchev–Trinajstić information content (AvgIpc) is 2.63. The monoisotopic (exact) mass is 396 g/mol. The molecule has 150 valence electrons. The lowest BCUT2D eigenvalue weighted by atomic mass is 9.78. The van der Waals surface area contributed by atoms with Crippen molar-refractivity contribution in [1.29, 1.82) is 0 Å². The molecule has 0 unspecified atom stereocenters. The number of carbonyl (C=O) groups is 2. The number of benzene rings is 1. The normalized spacial score (nSPS) is 23.1. The van der Waals surface area contributed by atoms with Crippen molar-refractivity contribution in [2.45, 2.75) is 44.0 Å². The first-order valence-corrected chi connectivity index (χ1v) is 10.6. The summed E-state index contributed by atoms with van der Waals surface area (Å²) in [4.78, 5) is 24.3. The van der Waals surface area contributed by atoms with Crippen LogP contribution in [-0.4, -0.2) is 51.3 Å². The third-order valence-corrected chi connectivity index (χ3v) is 7.09. The van der Waals surface area contributed by atoms with Crippen LogP contribution in [0.15, 0.2) is 29.2 Å². The summed E-state index contributed by atoms with van der Waals surface area (Å²) in [5.41, 5.74) is 0.195. The highest BCUT2D eigenvalue weighted by molar-refractivity contribution is 7.89. The molecule has 1 saturated carbocycles. The van der Waals surface area contributed by atoms with Gasteiger partial charge in [0.15, 0.2) is 6.61 Å². The summed E-state index contributed by atoms with van der Waals surface area (Å²) in [6.07, 6.45) is 3.19. The summed E-state index contributed by atoms with van der Waals surface area (Å²) < 4.78 is 30.2. The molecule has 1 aliphatic rings. The maximum absolute atomic E-state index is 12.1. The Hall–Kier alpha value is -1.93. The van der Waals surface area contributed by atoms with Gasteiger partial charge in [0.2, 0.25) is 10.0 Å². The van der Waals surface area contributed by atoms with Crippen LogP contribution in [0.3, 0.4) is 0 Å². The van der Waals surface area contributed by atoms with Crippen LogP contribution in [-0.2, 0) is 19.6 Å². The van der Waals surface area contributed by atoms with Gasteiger partial charge in [0.05, 0.1) is 10.5 Å². The van der Waals surface area contributed by atoms with Crippen molar-refractivity contribution < 1.29 is 22.7 Å². The molecule has 1 aliphatic carbocycles. The van der Waals surface area contributed by atoms with Gasteiger partial charge in [-0.2, -0.15) is 0 Å². The number of nitrogens with one attached hydrogen (secondary N) is 1. The highest BCUT2D eigenvalue weighted by atomic mass is 32.2. The Morgan fingerprint density at radius 1 is 1.15 bits per heavy atom. The molecule has 1 fully saturated rings. The molecule has 1 amide bonds. The Balaban J connectivity index is 1.89. The fraction of sp³-hybridized carbons (Fsp3) is 0.579. The topological polar surface area (TPSA) is 92.8 Å². The van der Waals surface area contributed by atoms with E-state index in [0.717, 1.165) is 17.1 Å². The number of ether oxygens (including phenoxy) is 1. The van der Waals surface area contributed by atoms with E-state index in [1.54, 1.807) is 0 Å². The molecule has 0 saturated heterocycles. The molecular weight excluding hydrogens is 368 g/mol. The molecule has 2 rings (SSSR count). The first-order chi connectivity index (χ1) is 12.6. The van der Waals surface area contributed by atoms with Crippen molar-refractivity contribution in [2.75, 3.05) is 20.7 Å². The van der Waals surface area contributed by atoms with E-state index in [2.05, 4.69) is 19.2 Å². The van der Waals surface area contributed by atoms with Gasteiger partial charge in [0.1, 0.15) is 0 Å². The van der Waals surface area contributed by atoms with E-state index >= 15 is 0 Å². The smallest absolute Gasteiger partial charge is 0.338 e. The van der Waals surface area contributed by atoms with E-state index in [1.165, 1.54) is 44.8 Å². The van der Waals surface area contributed by atoms with Crippen LogP contribution in [0.4, 0.5) is 0 Å². The van der Waals surface area contributed by atoms with Gasteiger partial charge in [0, 0.05) is 20.1 Å². The Bertz CT molecular complexity index is 774. The second kappa shape index (κ2) is 8.84. The molecule has 0 bridgehead atoms. The Morgan fingerprint density at radius 2 is 1.78 bits per heavy atom. The van der Waals surface area contributed by atoms with Crippen LogP contribution < -0.4 is 5.32 Å². The summed E-state index contributed by atoms with van der Waals surface area (Å²) in [7, 11) is -0.685. The predicted octanol–water partition coefficient (Wildman–Crippen LogP) is 2.03. The quantitative estimate of drug-likeness (QED) is 0.743. The number of rotatable bonds is 6. The minimum atomic E-state index is -3.55. The van der Waals surface area contributed by atoms with E-state index in [0.29, 0.717) is 11.8 Å². The van der Waals surface area contributed by atoms with E-state index in [-0.39, 0.29) is 29.0 Å². The van der Waals surface area contributed by atoms with Gasteiger partial charge in [-0.15, -0.1) is 0 Å². The summed E-state index contributed by atoms with van der Waals surface area (Å²) in [6, 6.07) is 5.55. The van der Waals surface area contributed by atoms with Crippen molar-refractivity contribution in [1.82, 2.24) is 9.62 Å². The zero-order chi connectivity index (χ0) is 20.2. The summed E-state index contributed by atoms with van der Waals surface area (Å²) in [6.45, 7) is 3.96. The first-order valence-electron chi connectivity index (χ1n) is 9.12. The minimum absolute atomic E-state index is 0.0854. The lowest BCUT2D eigenvalue weighted by Gasteiger charge is -2.34. The van der Waals surface area contributed by atoms with Crippen LogP contribution in [0, 0.1) is 11.8 Å². The number of nitrogens with zero attached hydrogens (tertiary/aromatic N) is 1. The molecule has 7 nitrogen and oxygen atoms in total. The zero-order valence-corrected chi connectivity index (χ0v) is 17.1. The van der Waals surface area contributed by atoms with Crippen molar-refractivity contribution in [2.24, 2.45) is 11.8 Å². The van der Waals surface area contributed by atoms with Gasteiger partial charge in [-0.3, -0.25) is 4.79 Å². The number of esters is 1. The minimum Gasteiger partial charge on any atom is -0.452 e. The van der Waals surface area contributed by atoms with Gasteiger partial charge in [-0.25, -0.2) is 17.5 Å². The fourth-order valence-corrected chi connectivity index (χ4v) is 4.12. The Morgan fingerprint density at radius 3 is 2.37 bits per heavy atom. The second-order valence-electron chi connectivity index (χ2n) is 7.33. The first kappa shape index (κ1) is 21.4. The van der Waals surface area contributed by atoms with Crippen molar-refractivity contribution in [3.8, 4) is 0 Å². The van der Waals surface area contributed by atoms with E-state index in [9.17, 15) is 18.0 Å². The van der Waals surface area contributed by atoms with Gasteiger partial charge in [-0.1, -0.05) is 26.7 Å². The van der Waals surface area contributed by atoms with Crippen LogP contribution in [0.25, 0.3) is 0 Å².